The van der Waals surface area contributed by atoms with Crippen molar-refractivity contribution in [1.29, 1.82) is 5.26 Å². The molecule has 0 amide bonds. The topological polar surface area (TPSA) is 130 Å². The Bertz CT molecular complexity index is 1450. The Morgan fingerprint density at radius 3 is 2.59 bits per heavy atom. The van der Waals surface area contributed by atoms with E-state index in [-0.39, 0.29) is 27.0 Å². The lowest BCUT2D eigenvalue weighted by Crippen LogP contribution is -2.13. The van der Waals surface area contributed by atoms with Gasteiger partial charge in [-0.25, -0.2) is 26.9 Å². The van der Waals surface area contributed by atoms with Gasteiger partial charge in [-0.2, -0.15) is 10.4 Å². The van der Waals surface area contributed by atoms with Gasteiger partial charge < -0.3 is 9.84 Å². The van der Waals surface area contributed by atoms with Crippen LogP contribution in [0.3, 0.4) is 0 Å². The minimum absolute atomic E-state index is 0.0118. The molecule has 2 aromatic carbocycles. The van der Waals surface area contributed by atoms with Crippen LogP contribution in [0.4, 0.5) is 13.9 Å². The number of aliphatic hydroxyl groups is 1. The van der Waals surface area contributed by atoms with Crippen LogP contribution in [0.2, 0.25) is 0 Å². The van der Waals surface area contributed by atoms with E-state index < -0.39 is 28.7 Å². The molecule has 0 aliphatic rings. The molecule has 4 rings (SSSR count). The third-order valence-electron chi connectivity index (χ3n) is 4.53. The van der Waals surface area contributed by atoms with E-state index in [0.717, 1.165) is 17.4 Å². The molecule has 0 unspecified atom stereocenters. The molecule has 0 atom stereocenters. The fourth-order valence-electron chi connectivity index (χ4n) is 2.97. The van der Waals surface area contributed by atoms with Crippen LogP contribution in [0.15, 0.2) is 65.0 Å². The van der Waals surface area contributed by atoms with Gasteiger partial charge in [-0.3, -0.25) is 4.72 Å². The van der Waals surface area contributed by atoms with E-state index in [9.17, 15) is 27.6 Å². The largest absolute Gasteiger partial charge is 0.456 e. The van der Waals surface area contributed by atoms with Gasteiger partial charge in [0.25, 0.3) is 16.4 Å². The molecule has 0 bridgehead atoms. The van der Waals surface area contributed by atoms with Gasteiger partial charge in [0.2, 0.25) is 0 Å². The summed E-state index contributed by atoms with van der Waals surface area (Å²) in [5.74, 6) is 0.433. The van der Waals surface area contributed by atoms with Gasteiger partial charge >= 0.3 is 0 Å². The van der Waals surface area contributed by atoms with Crippen LogP contribution in [-0.2, 0) is 16.6 Å². The lowest BCUT2D eigenvalue weighted by Gasteiger charge is -2.11. The first-order valence-electron chi connectivity index (χ1n) is 9.53. The van der Waals surface area contributed by atoms with Gasteiger partial charge in [0, 0.05) is 11.6 Å². The van der Waals surface area contributed by atoms with Gasteiger partial charge in [0.1, 0.15) is 23.3 Å². The molecule has 0 saturated carbocycles. The standard InChI is InChI=1S/C21H15F2N5O4S2/c22-20(23)18-10-15(12-29)28(26-18)14-1-3-16(4-2-14)32-19-6-5-17(9-13(19)11-24)34(30,31)27-21-25-7-8-33-21/h1-10,20,29H,12H2,(H,25,27). The number of anilines is 1. The molecule has 0 fully saturated rings. The number of benzene rings is 2. The van der Waals surface area contributed by atoms with Crippen molar-refractivity contribution in [2.24, 2.45) is 0 Å². The lowest BCUT2D eigenvalue weighted by molar-refractivity contribution is 0.145. The number of nitriles is 1. The summed E-state index contributed by atoms with van der Waals surface area (Å²) in [5, 5.41) is 24.5. The molecule has 174 valence electrons. The zero-order valence-corrected chi connectivity index (χ0v) is 18.7. The summed E-state index contributed by atoms with van der Waals surface area (Å²) in [7, 11) is -3.94. The van der Waals surface area contributed by atoms with E-state index in [4.69, 9.17) is 4.74 Å². The van der Waals surface area contributed by atoms with Crippen LogP contribution in [0, 0.1) is 11.3 Å². The predicted molar refractivity (Wildman–Crippen MR) is 119 cm³/mol. The Hall–Kier alpha value is -3.86. The highest BCUT2D eigenvalue weighted by molar-refractivity contribution is 7.93. The van der Waals surface area contributed by atoms with Crippen molar-refractivity contribution in [3.05, 3.63) is 77.1 Å². The zero-order valence-electron chi connectivity index (χ0n) is 17.1. The van der Waals surface area contributed by atoms with Crippen molar-refractivity contribution in [2.45, 2.75) is 17.9 Å². The van der Waals surface area contributed by atoms with E-state index >= 15 is 0 Å². The average Bonchev–Trinajstić information content (AvgIpc) is 3.49. The van der Waals surface area contributed by atoms with Crippen LogP contribution in [0.25, 0.3) is 5.69 Å². The number of hydrogen-bond acceptors (Lipinski definition) is 8. The number of alkyl halides is 2. The van der Waals surface area contributed by atoms with Crippen LogP contribution >= 0.6 is 11.3 Å². The molecular formula is C21H15F2N5O4S2. The Labute approximate surface area is 196 Å². The van der Waals surface area contributed by atoms with Crippen LogP contribution in [-0.4, -0.2) is 28.3 Å². The van der Waals surface area contributed by atoms with Gasteiger partial charge in [-0.05, 0) is 48.5 Å². The molecule has 2 heterocycles. The summed E-state index contributed by atoms with van der Waals surface area (Å²) < 4.78 is 60.2. The number of ether oxygens (including phenoxy) is 1. The summed E-state index contributed by atoms with van der Waals surface area (Å²) in [6.07, 6.45) is -1.32. The van der Waals surface area contributed by atoms with E-state index in [1.165, 1.54) is 41.2 Å². The normalized spacial score (nSPS) is 11.4. The van der Waals surface area contributed by atoms with Gasteiger partial charge in [0.05, 0.1) is 28.4 Å². The molecule has 9 nitrogen and oxygen atoms in total. The Morgan fingerprint density at radius 2 is 1.97 bits per heavy atom. The fraction of sp³-hybridized carbons (Fsp3) is 0.0952. The Morgan fingerprint density at radius 1 is 1.21 bits per heavy atom. The molecule has 0 aliphatic carbocycles. The number of halogens is 2. The maximum Gasteiger partial charge on any atom is 0.282 e. The highest BCUT2D eigenvalue weighted by atomic mass is 32.2. The summed E-state index contributed by atoms with van der Waals surface area (Å²) in [5.41, 5.74) is 0.141. The number of rotatable bonds is 8. The molecular weight excluding hydrogens is 488 g/mol. The number of sulfonamides is 1. The number of nitrogens with zero attached hydrogens (tertiary/aromatic N) is 4. The van der Waals surface area contributed by atoms with E-state index in [0.29, 0.717) is 11.4 Å². The molecule has 2 aromatic heterocycles. The third kappa shape index (κ3) is 4.88. The van der Waals surface area contributed by atoms with Crippen LogP contribution in [0.1, 0.15) is 23.4 Å². The monoisotopic (exact) mass is 503 g/mol. The average molecular weight is 504 g/mol. The maximum atomic E-state index is 12.9. The minimum atomic E-state index is -3.94. The number of aromatic nitrogens is 3. The number of hydrogen-bond donors (Lipinski definition) is 2. The first-order valence-corrected chi connectivity index (χ1v) is 11.9. The van der Waals surface area contributed by atoms with Gasteiger partial charge in [-0.1, -0.05) is 0 Å². The number of nitrogens with one attached hydrogen (secondary N) is 1. The van der Waals surface area contributed by atoms with E-state index in [1.807, 2.05) is 6.07 Å². The summed E-state index contributed by atoms with van der Waals surface area (Å²) in [6.45, 7) is -0.476. The van der Waals surface area contributed by atoms with Crippen LogP contribution in [0.5, 0.6) is 11.5 Å². The van der Waals surface area contributed by atoms with Crippen molar-refractivity contribution in [1.82, 2.24) is 14.8 Å². The first-order chi connectivity index (χ1) is 16.3. The number of thiazole rings is 1. The van der Waals surface area contributed by atoms with Crippen molar-refractivity contribution >= 4 is 26.5 Å². The third-order valence-corrected chi connectivity index (χ3v) is 6.69. The second-order valence-corrected chi connectivity index (χ2v) is 9.32. The highest BCUT2D eigenvalue weighted by Crippen LogP contribution is 2.29. The molecule has 0 radical (unpaired) electrons. The Balaban J connectivity index is 1.56. The van der Waals surface area contributed by atoms with Gasteiger partial charge in [-0.15, -0.1) is 11.3 Å². The molecule has 0 saturated heterocycles. The lowest BCUT2D eigenvalue weighted by atomic mass is 10.2. The van der Waals surface area contributed by atoms with Crippen molar-refractivity contribution in [3.8, 4) is 23.3 Å². The number of aliphatic hydroxyl groups excluding tert-OH is 1. The summed E-state index contributed by atoms with van der Waals surface area (Å²) in [6, 6.07) is 13.0. The summed E-state index contributed by atoms with van der Waals surface area (Å²) in [4.78, 5) is 3.74. The SMILES string of the molecule is N#Cc1cc(S(=O)(=O)Nc2nccs2)ccc1Oc1ccc(-n2nc(C(F)F)cc2CO)cc1. The molecule has 13 heteroatoms. The minimum Gasteiger partial charge on any atom is -0.456 e. The fourth-order valence-corrected chi connectivity index (χ4v) is 4.78. The smallest absolute Gasteiger partial charge is 0.282 e. The Kier molecular flexibility index (Phi) is 6.55. The highest BCUT2D eigenvalue weighted by Gasteiger charge is 2.19. The quantitative estimate of drug-likeness (QED) is 0.368. The molecule has 34 heavy (non-hydrogen) atoms. The first kappa shape index (κ1) is 23.3. The zero-order chi connectivity index (χ0) is 24.3. The van der Waals surface area contributed by atoms with E-state index in [2.05, 4.69) is 14.8 Å². The molecule has 2 N–H and O–H groups in total. The molecule has 0 spiro atoms. The summed E-state index contributed by atoms with van der Waals surface area (Å²) >= 11 is 1.12. The van der Waals surface area contributed by atoms with Crippen molar-refractivity contribution in [3.63, 3.8) is 0 Å². The molecule has 4 aromatic rings. The van der Waals surface area contributed by atoms with Crippen molar-refractivity contribution < 1.29 is 27.0 Å². The van der Waals surface area contributed by atoms with Crippen LogP contribution < -0.4 is 9.46 Å². The van der Waals surface area contributed by atoms with Gasteiger partial charge in [0.15, 0.2) is 5.13 Å². The van der Waals surface area contributed by atoms with E-state index in [1.54, 1.807) is 17.5 Å². The van der Waals surface area contributed by atoms with Crippen molar-refractivity contribution in [2.75, 3.05) is 4.72 Å². The second kappa shape index (κ2) is 9.56. The second-order valence-electron chi connectivity index (χ2n) is 6.74. The maximum absolute atomic E-state index is 12.9. The molecule has 0 aliphatic heterocycles. The predicted octanol–water partition coefficient (Wildman–Crippen LogP) is 4.22.